The number of para-hydroxylation sites is 1. The third-order valence-corrected chi connectivity index (χ3v) is 6.04. The van der Waals surface area contributed by atoms with Crippen molar-refractivity contribution in [2.75, 3.05) is 50.1 Å². The fraction of sp³-hybridized carbons (Fsp3) is 0.304. The Kier molecular flexibility index (Phi) is 6.61. The fourth-order valence-electron chi connectivity index (χ4n) is 3.54. The molecule has 0 saturated carbocycles. The summed E-state index contributed by atoms with van der Waals surface area (Å²) in [7, 11) is 1.65. The van der Waals surface area contributed by atoms with Crippen LogP contribution in [0, 0.1) is 0 Å². The van der Waals surface area contributed by atoms with Gasteiger partial charge in [0.25, 0.3) is 0 Å². The summed E-state index contributed by atoms with van der Waals surface area (Å²) in [6.45, 7) is 4.69. The van der Waals surface area contributed by atoms with E-state index in [9.17, 15) is 4.79 Å². The highest BCUT2D eigenvalue weighted by Gasteiger charge is 2.18. The van der Waals surface area contributed by atoms with E-state index in [4.69, 9.17) is 4.74 Å². The molecule has 6 nitrogen and oxygen atoms in total. The number of piperazine rings is 1. The summed E-state index contributed by atoms with van der Waals surface area (Å²) in [6, 6.07) is 18.2. The minimum atomic E-state index is 0.0103. The predicted molar refractivity (Wildman–Crippen MR) is 122 cm³/mol. The number of anilines is 2. The molecule has 3 aromatic rings. The van der Waals surface area contributed by atoms with E-state index >= 15 is 0 Å². The first-order valence-corrected chi connectivity index (χ1v) is 11.0. The Hall–Kier alpha value is -2.90. The summed E-state index contributed by atoms with van der Waals surface area (Å²) in [5.74, 6) is 0.822. The van der Waals surface area contributed by atoms with E-state index in [0.29, 0.717) is 11.6 Å². The van der Waals surface area contributed by atoms with Crippen molar-refractivity contribution < 1.29 is 9.53 Å². The molecule has 0 atom stereocenters. The van der Waals surface area contributed by atoms with Gasteiger partial charge >= 0.3 is 0 Å². The van der Waals surface area contributed by atoms with Crippen LogP contribution in [0.25, 0.3) is 11.3 Å². The molecule has 0 bridgehead atoms. The number of carbonyl (C=O) groups is 1. The molecule has 4 rings (SSSR count). The van der Waals surface area contributed by atoms with Crippen LogP contribution in [0.4, 0.5) is 10.8 Å². The van der Waals surface area contributed by atoms with Gasteiger partial charge in [0.1, 0.15) is 5.75 Å². The molecular weight excluding hydrogens is 396 g/mol. The lowest BCUT2D eigenvalue weighted by molar-refractivity contribution is -0.116. The highest BCUT2D eigenvalue weighted by atomic mass is 32.1. The Balaban J connectivity index is 1.22. The number of rotatable bonds is 7. The second-order valence-electron chi connectivity index (χ2n) is 7.23. The summed E-state index contributed by atoms with van der Waals surface area (Å²) >= 11 is 1.45. The summed E-state index contributed by atoms with van der Waals surface area (Å²) < 4.78 is 5.19. The van der Waals surface area contributed by atoms with Crippen molar-refractivity contribution in [3.05, 3.63) is 60.0 Å². The first-order valence-electron chi connectivity index (χ1n) is 10.1. The van der Waals surface area contributed by atoms with Gasteiger partial charge in [-0.25, -0.2) is 4.98 Å². The molecule has 1 fully saturated rings. The Bertz CT molecular complexity index is 951. The van der Waals surface area contributed by atoms with Gasteiger partial charge in [-0.3, -0.25) is 9.69 Å². The monoisotopic (exact) mass is 422 g/mol. The lowest BCUT2D eigenvalue weighted by Gasteiger charge is -2.36. The molecule has 1 saturated heterocycles. The van der Waals surface area contributed by atoms with Crippen molar-refractivity contribution in [2.45, 2.75) is 6.42 Å². The molecule has 1 N–H and O–H groups in total. The number of benzene rings is 2. The quantitative estimate of drug-likeness (QED) is 0.624. The van der Waals surface area contributed by atoms with Gasteiger partial charge in [-0.05, 0) is 36.4 Å². The topological polar surface area (TPSA) is 57.7 Å². The lowest BCUT2D eigenvalue weighted by atomic mass is 10.2. The summed E-state index contributed by atoms with van der Waals surface area (Å²) in [5, 5.41) is 5.53. The molecule has 30 heavy (non-hydrogen) atoms. The molecule has 2 aromatic carbocycles. The molecule has 0 unspecified atom stereocenters. The van der Waals surface area contributed by atoms with Gasteiger partial charge in [-0.15, -0.1) is 11.3 Å². The van der Waals surface area contributed by atoms with Crippen molar-refractivity contribution in [2.24, 2.45) is 0 Å². The summed E-state index contributed by atoms with van der Waals surface area (Å²) in [5.41, 5.74) is 3.13. The number of hydrogen-bond donors (Lipinski definition) is 1. The van der Waals surface area contributed by atoms with Gasteiger partial charge in [0.15, 0.2) is 5.13 Å². The number of carbonyl (C=O) groups excluding carboxylic acids is 1. The van der Waals surface area contributed by atoms with Gasteiger partial charge in [-0.1, -0.05) is 18.2 Å². The average Bonchev–Trinajstić information content (AvgIpc) is 3.27. The van der Waals surface area contributed by atoms with Gasteiger partial charge in [0.05, 0.1) is 12.8 Å². The van der Waals surface area contributed by atoms with Crippen LogP contribution in [0.3, 0.4) is 0 Å². The van der Waals surface area contributed by atoms with Crippen molar-refractivity contribution in [1.82, 2.24) is 9.88 Å². The van der Waals surface area contributed by atoms with Crippen molar-refractivity contribution in [1.29, 1.82) is 0 Å². The molecule has 2 heterocycles. The molecule has 0 radical (unpaired) electrons. The van der Waals surface area contributed by atoms with E-state index in [2.05, 4.69) is 44.4 Å². The third kappa shape index (κ3) is 5.17. The Morgan fingerprint density at radius 3 is 2.50 bits per heavy atom. The van der Waals surface area contributed by atoms with Crippen LogP contribution >= 0.6 is 11.3 Å². The Morgan fingerprint density at radius 2 is 1.80 bits per heavy atom. The zero-order valence-electron chi connectivity index (χ0n) is 17.1. The van der Waals surface area contributed by atoms with Crippen LogP contribution in [-0.2, 0) is 4.79 Å². The second-order valence-corrected chi connectivity index (χ2v) is 8.09. The van der Waals surface area contributed by atoms with Gasteiger partial charge in [0.2, 0.25) is 5.91 Å². The minimum absolute atomic E-state index is 0.0103. The van der Waals surface area contributed by atoms with Gasteiger partial charge < -0.3 is 15.0 Å². The van der Waals surface area contributed by atoms with E-state index in [-0.39, 0.29) is 5.91 Å². The molecule has 0 aliphatic carbocycles. The van der Waals surface area contributed by atoms with Gasteiger partial charge in [-0.2, -0.15) is 0 Å². The number of nitrogens with zero attached hydrogens (tertiary/aromatic N) is 3. The van der Waals surface area contributed by atoms with Crippen LogP contribution in [0.1, 0.15) is 6.42 Å². The molecular formula is C23H26N4O2S. The maximum Gasteiger partial charge on any atom is 0.227 e. The minimum Gasteiger partial charge on any atom is -0.497 e. The third-order valence-electron chi connectivity index (χ3n) is 5.29. The molecule has 1 amide bonds. The van der Waals surface area contributed by atoms with Crippen LogP contribution in [0.2, 0.25) is 0 Å². The predicted octanol–water partition coefficient (Wildman–Crippen LogP) is 3.97. The van der Waals surface area contributed by atoms with Crippen LogP contribution in [-0.4, -0.2) is 55.6 Å². The number of methoxy groups -OCH3 is 1. The van der Waals surface area contributed by atoms with Crippen molar-refractivity contribution in [3.63, 3.8) is 0 Å². The highest BCUT2D eigenvalue weighted by Crippen LogP contribution is 2.26. The van der Waals surface area contributed by atoms with Crippen LogP contribution in [0.5, 0.6) is 5.75 Å². The number of amides is 1. The largest absolute Gasteiger partial charge is 0.497 e. The van der Waals surface area contributed by atoms with Crippen LogP contribution < -0.4 is 15.0 Å². The SMILES string of the molecule is COc1ccc(-c2csc(NC(=O)CCN3CCN(c4ccccc4)CC3)n2)cc1. The summed E-state index contributed by atoms with van der Waals surface area (Å²) in [6.07, 6.45) is 0.475. The Morgan fingerprint density at radius 1 is 1.07 bits per heavy atom. The molecule has 1 aliphatic heterocycles. The van der Waals surface area contributed by atoms with E-state index in [0.717, 1.165) is 49.7 Å². The average molecular weight is 423 g/mol. The normalized spacial score (nSPS) is 14.5. The van der Waals surface area contributed by atoms with E-state index in [1.807, 2.05) is 35.7 Å². The lowest BCUT2D eigenvalue weighted by Crippen LogP contribution is -2.47. The smallest absolute Gasteiger partial charge is 0.227 e. The fourth-order valence-corrected chi connectivity index (χ4v) is 4.27. The zero-order valence-corrected chi connectivity index (χ0v) is 17.9. The van der Waals surface area contributed by atoms with E-state index < -0.39 is 0 Å². The molecule has 7 heteroatoms. The van der Waals surface area contributed by atoms with Crippen molar-refractivity contribution in [3.8, 4) is 17.0 Å². The first kappa shape index (κ1) is 20.4. The zero-order chi connectivity index (χ0) is 20.8. The highest BCUT2D eigenvalue weighted by molar-refractivity contribution is 7.14. The number of ether oxygens (including phenoxy) is 1. The van der Waals surface area contributed by atoms with E-state index in [1.54, 1.807) is 7.11 Å². The van der Waals surface area contributed by atoms with E-state index in [1.165, 1.54) is 17.0 Å². The Labute approximate surface area is 181 Å². The van der Waals surface area contributed by atoms with Gasteiger partial charge in [0, 0.05) is 55.8 Å². The number of thiazole rings is 1. The summed E-state index contributed by atoms with van der Waals surface area (Å²) in [4.78, 5) is 21.7. The maximum absolute atomic E-state index is 12.4. The maximum atomic E-state index is 12.4. The van der Waals surface area contributed by atoms with Crippen LogP contribution in [0.15, 0.2) is 60.0 Å². The molecule has 0 spiro atoms. The number of nitrogens with one attached hydrogen (secondary N) is 1. The molecule has 1 aliphatic rings. The number of aromatic nitrogens is 1. The second kappa shape index (κ2) is 9.73. The number of hydrogen-bond acceptors (Lipinski definition) is 6. The molecule has 1 aromatic heterocycles. The first-order chi connectivity index (χ1) is 14.7. The standard InChI is InChI=1S/C23H26N4O2S/c1-29-20-9-7-18(8-10-20)21-17-30-23(24-21)25-22(28)11-12-26-13-15-27(16-14-26)19-5-3-2-4-6-19/h2-10,17H,11-16H2,1H3,(H,24,25,28). The van der Waals surface area contributed by atoms with Crippen molar-refractivity contribution >= 4 is 28.1 Å². The molecule has 156 valence electrons.